The number of ether oxygens (including phenoxy) is 1. The number of nitrogens with zero attached hydrogens (tertiary/aromatic N) is 3. The maximum Gasteiger partial charge on any atom is 0.194 e. The fourth-order valence-electron chi connectivity index (χ4n) is 5.14. The van der Waals surface area contributed by atoms with Gasteiger partial charge in [-0.2, -0.15) is 0 Å². The zero-order chi connectivity index (χ0) is 20.9. The Morgan fingerprint density at radius 1 is 1.03 bits per heavy atom. The average molecular weight is 423 g/mol. The molecule has 6 heteroatoms. The highest BCUT2D eigenvalue weighted by Crippen LogP contribution is 2.22. The van der Waals surface area contributed by atoms with E-state index in [1.807, 2.05) is 12.1 Å². The Bertz CT molecular complexity index is 860. The van der Waals surface area contributed by atoms with Gasteiger partial charge in [0.2, 0.25) is 0 Å². The SMILES string of the molecule is c1coc(CCN=C(NC2CCc3ccccc3C2)N2CCC(N3CCOCC3)C2)c1. The van der Waals surface area contributed by atoms with Gasteiger partial charge in [-0.3, -0.25) is 9.89 Å². The third-order valence-electron chi connectivity index (χ3n) is 6.90. The van der Waals surface area contributed by atoms with Crippen molar-refractivity contribution in [3.05, 3.63) is 59.5 Å². The minimum Gasteiger partial charge on any atom is -0.469 e. The lowest BCUT2D eigenvalue weighted by Gasteiger charge is -2.33. The standard InChI is InChI=1S/C25H34N4O2/c1-2-5-21-18-22(8-7-20(21)4-1)27-25(26-11-9-24-6-3-15-31-24)29-12-10-23(19-29)28-13-16-30-17-14-28/h1-6,15,22-23H,7-14,16-19H2,(H,26,27). The number of morpholine rings is 1. The first-order chi connectivity index (χ1) is 15.3. The van der Waals surface area contributed by atoms with E-state index in [-0.39, 0.29) is 0 Å². The summed E-state index contributed by atoms with van der Waals surface area (Å²) in [7, 11) is 0. The number of furan rings is 1. The van der Waals surface area contributed by atoms with Crippen LogP contribution in [-0.2, 0) is 24.0 Å². The van der Waals surface area contributed by atoms with E-state index in [0.29, 0.717) is 12.1 Å². The van der Waals surface area contributed by atoms with Crippen molar-refractivity contribution in [1.29, 1.82) is 0 Å². The fraction of sp³-hybridized carbons (Fsp3) is 0.560. The molecule has 2 aliphatic heterocycles. The molecular weight excluding hydrogens is 388 g/mol. The molecule has 0 amide bonds. The van der Waals surface area contributed by atoms with Gasteiger partial charge in [0.15, 0.2) is 5.96 Å². The van der Waals surface area contributed by atoms with Crippen LogP contribution < -0.4 is 5.32 Å². The van der Waals surface area contributed by atoms with E-state index in [4.69, 9.17) is 14.1 Å². The number of guanidine groups is 1. The first kappa shape index (κ1) is 20.6. The molecule has 2 fully saturated rings. The van der Waals surface area contributed by atoms with Crippen molar-refractivity contribution in [3.63, 3.8) is 0 Å². The maximum absolute atomic E-state index is 5.55. The predicted molar refractivity (Wildman–Crippen MR) is 122 cm³/mol. The molecule has 2 unspecified atom stereocenters. The summed E-state index contributed by atoms with van der Waals surface area (Å²) in [6.45, 7) is 6.69. The smallest absolute Gasteiger partial charge is 0.194 e. The molecule has 3 aliphatic rings. The summed E-state index contributed by atoms with van der Waals surface area (Å²) in [4.78, 5) is 10.1. The quantitative estimate of drug-likeness (QED) is 0.593. The molecule has 1 aromatic heterocycles. The number of benzene rings is 1. The molecule has 0 saturated carbocycles. The molecule has 2 atom stereocenters. The van der Waals surface area contributed by atoms with Crippen molar-refractivity contribution >= 4 is 5.96 Å². The van der Waals surface area contributed by atoms with Crippen LogP contribution in [0.4, 0.5) is 0 Å². The van der Waals surface area contributed by atoms with E-state index >= 15 is 0 Å². The van der Waals surface area contributed by atoms with Gasteiger partial charge in [0, 0.05) is 51.2 Å². The predicted octanol–water partition coefficient (Wildman–Crippen LogP) is 2.73. The van der Waals surface area contributed by atoms with Crippen LogP contribution in [-0.4, -0.2) is 73.8 Å². The maximum atomic E-state index is 5.55. The Labute approximate surface area is 185 Å². The van der Waals surface area contributed by atoms with E-state index in [1.165, 1.54) is 17.5 Å². The molecule has 1 aromatic carbocycles. The number of aryl methyl sites for hydroxylation is 1. The monoisotopic (exact) mass is 422 g/mol. The summed E-state index contributed by atoms with van der Waals surface area (Å²) in [5.41, 5.74) is 2.99. The first-order valence-electron chi connectivity index (χ1n) is 11.8. The Kier molecular flexibility index (Phi) is 6.56. The van der Waals surface area contributed by atoms with Crippen molar-refractivity contribution < 1.29 is 9.15 Å². The third kappa shape index (κ3) is 5.13. The highest BCUT2D eigenvalue weighted by molar-refractivity contribution is 5.80. The van der Waals surface area contributed by atoms with E-state index < -0.39 is 0 Å². The molecule has 1 aliphatic carbocycles. The van der Waals surface area contributed by atoms with Gasteiger partial charge in [-0.1, -0.05) is 24.3 Å². The lowest BCUT2D eigenvalue weighted by Crippen LogP contribution is -2.49. The summed E-state index contributed by atoms with van der Waals surface area (Å²) in [6.07, 6.45) is 7.16. The van der Waals surface area contributed by atoms with E-state index in [2.05, 4.69) is 39.4 Å². The third-order valence-corrected chi connectivity index (χ3v) is 6.90. The molecule has 166 valence electrons. The van der Waals surface area contributed by atoms with Crippen molar-refractivity contribution in [2.75, 3.05) is 45.9 Å². The lowest BCUT2D eigenvalue weighted by atomic mass is 9.88. The van der Waals surface area contributed by atoms with Gasteiger partial charge in [-0.05, 0) is 48.9 Å². The van der Waals surface area contributed by atoms with E-state index in [1.54, 1.807) is 6.26 Å². The molecular formula is C25H34N4O2. The Morgan fingerprint density at radius 3 is 2.74 bits per heavy atom. The number of likely N-dealkylation sites (tertiary alicyclic amines) is 1. The van der Waals surface area contributed by atoms with Crippen LogP contribution in [0.5, 0.6) is 0 Å². The first-order valence-corrected chi connectivity index (χ1v) is 11.8. The van der Waals surface area contributed by atoms with Crippen LogP contribution >= 0.6 is 0 Å². The number of fused-ring (bicyclic) bond motifs is 1. The molecule has 0 bridgehead atoms. The Balaban J connectivity index is 1.25. The average Bonchev–Trinajstić information content (AvgIpc) is 3.51. The van der Waals surface area contributed by atoms with Gasteiger partial charge in [0.1, 0.15) is 5.76 Å². The van der Waals surface area contributed by atoms with Crippen molar-refractivity contribution in [3.8, 4) is 0 Å². The number of rotatable bonds is 5. The van der Waals surface area contributed by atoms with Gasteiger partial charge >= 0.3 is 0 Å². The van der Waals surface area contributed by atoms with Gasteiger partial charge in [-0.15, -0.1) is 0 Å². The Morgan fingerprint density at radius 2 is 1.90 bits per heavy atom. The second-order valence-electron chi connectivity index (χ2n) is 8.92. The van der Waals surface area contributed by atoms with Gasteiger partial charge in [0.25, 0.3) is 0 Å². The van der Waals surface area contributed by atoms with Crippen molar-refractivity contribution in [2.24, 2.45) is 4.99 Å². The van der Waals surface area contributed by atoms with Gasteiger partial charge in [-0.25, -0.2) is 0 Å². The fourth-order valence-corrected chi connectivity index (χ4v) is 5.14. The molecule has 2 aromatic rings. The second-order valence-corrected chi connectivity index (χ2v) is 8.92. The summed E-state index contributed by atoms with van der Waals surface area (Å²) in [5, 5.41) is 3.84. The molecule has 0 radical (unpaired) electrons. The molecule has 5 rings (SSSR count). The summed E-state index contributed by atoms with van der Waals surface area (Å²) < 4.78 is 11.1. The molecule has 31 heavy (non-hydrogen) atoms. The topological polar surface area (TPSA) is 53.2 Å². The highest BCUT2D eigenvalue weighted by Gasteiger charge is 2.31. The van der Waals surface area contributed by atoms with Gasteiger partial charge < -0.3 is 19.4 Å². The summed E-state index contributed by atoms with van der Waals surface area (Å²) in [5.74, 6) is 2.08. The number of nitrogens with one attached hydrogen (secondary N) is 1. The Hall–Kier alpha value is -2.31. The number of aliphatic imine (C=N–C) groups is 1. The molecule has 1 N–H and O–H groups in total. The van der Waals surface area contributed by atoms with Crippen LogP contribution in [0.1, 0.15) is 29.7 Å². The number of hydrogen-bond acceptors (Lipinski definition) is 4. The minimum absolute atomic E-state index is 0.444. The van der Waals surface area contributed by atoms with Crippen molar-refractivity contribution in [1.82, 2.24) is 15.1 Å². The largest absolute Gasteiger partial charge is 0.469 e. The molecule has 0 spiro atoms. The normalized spacial score (nSPS) is 24.9. The highest BCUT2D eigenvalue weighted by atomic mass is 16.5. The lowest BCUT2D eigenvalue weighted by molar-refractivity contribution is 0.0194. The van der Waals surface area contributed by atoms with Crippen molar-refractivity contribution in [2.45, 2.75) is 44.2 Å². The van der Waals surface area contributed by atoms with E-state index in [9.17, 15) is 0 Å². The van der Waals surface area contributed by atoms with Crippen LogP contribution in [0.3, 0.4) is 0 Å². The van der Waals surface area contributed by atoms with Crippen LogP contribution in [0.25, 0.3) is 0 Å². The minimum atomic E-state index is 0.444. The molecule has 3 heterocycles. The van der Waals surface area contributed by atoms with Crippen LogP contribution in [0, 0.1) is 0 Å². The van der Waals surface area contributed by atoms with Crippen LogP contribution in [0.15, 0.2) is 52.1 Å². The number of hydrogen-bond donors (Lipinski definition) is 1. The van der Waals surface area contributed by atoms with E-state index in [0.717, 1.165) is 83.3 Å². The zero-order valence-electron chi connectivity index (χ0n) is 18.3. The second kappa shape index (κ2) is 9.88. The molecule has 2 saturated heterocycles. The summed E-state index contributed by atoms with van der Waals surface area (Å²) in [6, 6.07) is 13.9. The zero-order valence-corrected chi connectivity index (χ0v) is 18.3. The van der Waals surface area contributed by atoms with Crippen LogP contribution in [0.2, 0.25) is 0 Å². The van der Waals surface area contributed by atoms with Gasteiger partial charge in [0.05, 0.1) is 19.5 Å². The summed E-state index contributed by atoms with van der Waals surface area (Å²) >= 11 is 0. The molecule has 6 nitrogen and oxygen atoms in total.